The van der Waals surface area contributed by atoms with Gasteiger partial charge in [-0.2, -0.15) is 0 Å². The minimum Gasteiger partial charge on any atom is -0.496 e. The third-order valence-electron chi connectivity index (χ3n) is 6.02. The van der Waals surface area contributed by atoms with Crippen LogP contribution >= 0.6 is 0 Å². The van der Waals surface area contributed by atoms with Gasteiger partial charge >= 0.3 is 5.97 Å². The second-order valence-corrected chi connectivity index (χ2v) is 9.13. The Balaban J connectivity index is 2.06. The first kappa shape index (κ1) is 22.3. The Kier molecular flexibility index (Phi) is 6.79. The largest absolute Gasteiger partial charge is 0.496 e. The number of benzene rings is 1. The van der Waals surface area contributed by atoms with E-state index in [2.05, 4.69) is 20.8 Å². The number of aliphatic imine (C=N–C) groups is 1. The van der Waals surface area contributed by atoms with Gasteiger partial charge < -0.3 is 9.47 Å². The first-order valence-corrected chi connectivity index (χ1v) is 10.9. The Morgan fingerprint density at radius 2 is 1.93 bits per heavy atom. The summed E-state index contributed by atoms with van der Waals surface area (Å²) in [5, 5.41) is 0. The van der Waals surface area contributed by atoms with Gasteiger partial charge in [0.2, 0.25) is 0 Å². The molecule has 1 aromatic carbocycles. The number of ether oxygens (including phenoxy) is 2. The number of allylic oxidation sites excluding steroid dienone is 2. The van der Waals surface area contributed by atoms with Gasteiger partial charge in [0, 0.05) is 34.9 Å². The van der Waals surface area contributed by atoms with E-state index in [0.717, 1.165) is 36.9 Å². The maximum Gasteiger partial charge on any atom is 0.315 e. The molecular weight excluding hydrogens is 378 g/mol. The van der Waals surface area contributed by atoms with E-state index in [1.807, 2.05) is 31.2 Å². The van der Waals surface area contributed by atoms with E-state index in [1.54, 1.807) is 7.11 Å². The van der Waals surface area contributed by atoms with Gasteiger partial charge in [-0.1, -0.05) is 51.8 Å². The van der Waals surface area contributed by atoms with Crippen LogP contribution in [0.3, 0.4) is 0 Å². The molecule has 0 aromatic heterocycles. The van der Waals surface area contributed by atoms with Crippen molar-refractivity contribution in [1.82, 2.24) is 0 Å². The molecule has 30 heavy (non-hydrogen) atoms. The highest BCUT2D eigenvalue weighted by molar-refractivity contribution is 6.09. The monoisotopic (exact) mass is 411 g/mol. The number of hydrogen-bond acceptors (Lipinski definition) is 5. The van der Waals surface area contributed by atoms with Crippen molar-refractivity contribution in [1.29, 1.82) is 0 Å². The van der Waals surface area contributed by atoms with Gasteiger partial charge in [-0.05, 0) is 31.2 Å². The molecule has 5 nitrogen and oxygen atoms in total. The number of esters is 1. The molecule has 0 spiro atoms. The standard InChI is InChI=1S/C25H33NO4/c1-6-7-10-13-30-24(28)21-16(2)26-18-14-25(3,4)15-19(27)23(18)22(21)17-11-8-9-12-20(17)29-5/h8-9,11-12,21-22H,6-7,10,13-15H2,1-5H3/t21?,22-/m1/s1. The van der Waals surface area contributed by atoms with Gasteiger partial charge in [-0.15, -0.1) is 0 Å². The molecule has 1 aromatic rings. The van der Waals surface area contributed by atoms with Crippen molar-refractivity contribution < 1.29 is 19.1 Å². The predicted octanol–water partition coefficient (Wildman–Crippen LogP) is 5.25. The van der Waals surface area contributed by atoms with E-state index in [0.29, 0.717) is 30.1 Å². The number of rotatable bonds is 7. The SMILES string of the molecule is CCCCCOC(=O)C1C(C)=NC2=C(C(=O)CC(C)(C)C2)[C@@H]1c1ccccc1OC. The van der Waals surface area contributed by atoms with Gasteiger partial charge in [0.05, 0.1) is 13.7 Å². The molecule has 1 aliphatic heterocycles. The van der Waals surface area contributed by atoms with Gasteiger partial charge in [0.25, 0.3) is 0 Å². The third kappa shape index (κ3) is 4.50. The maximum absolute atomic E-state index is 13.3. The molecule has 3 rings (SSSR count). The summed E-state index contributed by atoms with van der Waals surface area (Å²) in [5.74, 6) is -0.627. The highest BCUT2D eigenvalue weighted by Crippen LogP contribution is 2.49. The maximum atomic E-state index is 13.3. The van der Waals surface area contributed by atoms with E-state index in [-0.39, 0.29) is 17.2 Å². The summed E-state index contributed by atoms with van der Waals surface area (Å²) in [6, 6.07) is 7.62. The fourth-order valence-electron chi connectivity index (χ4n) is 4.62. The minimum atomic E-state index is -0.619. The van der Waals surface area contributed by atoms with Crippen molar-refractivity contribution in [3.05, 3.63) is 41.1 Å². The van der Waals surface area contributed by atoms with Crippen LogP contribution < -0.4 is 4.74 Å². The van der Waals surface area contributed by atoms with Crippen molar-refractivity contribution in [3.63, 3.8) is 0 Å². The molecule has 0 amide bonds. The van der Waals surface area contributed by atoms with Gasteiger partial charge in [0.15, 0.2) is 5.78 Å². The van der Waals surface area contributed by atoms with Crippen LogP contribution in [0.5, 0.6) is 5.75 Å². The van der Waals surface area contributed by atoms with Crippen molar-refractivity contribution in [2.75, 3.05) is 13.7 Å². The van der Waals surface area contributed by atoms with Crippen LogP contribution in [-0.2, 0) is 14.3 Å². The summed E-state index contributed by atoms with van der Waals surface area (Å²) >= 11 is 0. The highest BCUT2D eigenvalue weighted by atomic mass is 16.5. The number of ketones is 1. The number of carbonyl (C=O) groups is 2. The lowest BCUT2D eigenvalue weighted by molar-refractivity contribution is -0.146. The molecule has 5 heteroatoms. The Bertz CT molecular complexity index is 881. The van der Waals surface area contributed by atoms with Crippen molar-refractivity contribution in [3.8, 4) is 5.75 Å². The average molecular weight is 412 g/mol. The lowest BCUT2D eigenvalue weighted by Crippen LogP contribution is -2.39. The molecule has 0 N–H and O–H groups in total. The Labute approximate surface area is 179 Å². The quantitative estimate of drug-likeness (QED) is 0.454. The van der Waals surface area contributed by atoms with Crippen LogP contribution in [0, 0.1) is 11.3 Å². The second-order valence-electron chi connectivity index (χ2n) is 9.13. The van der Waals surface area contributed by atoms with Crippen LogP contribution in [0.4, 0.5) is 0 Å². The third-order valence-corrected chi connectivity index (χ3v) is 6.02. The summed E-state index contributed by atoms with van der Waals surface area (Å²) in [4.78, 5) is 31.2. The molecule has 162 valence electrons. The lowest BCUT2D eigenvalue weighted by atomic mass is 9.66. The number of unbranched alkanes of at least 4 members (excludes halogenated alkanes) is 2. The normalized spacial score (nSPS) is 23.0. The number of hydrogen-bond donors (Lipinski definition) is 0. The van der Waals surface area contributed by atoms with Crippen molar-refractivity contribution in [2.24, 2.45) is 16.3 Å². The smallest absolute Gasteiger partial charge is 0.315 e. The lowest BCUT2D eigenvalue weighted by Gasteiger charge is -2.39. The van der Waals surface area contributed by atoms with Crippen LogP contribution in [0.1, 0.15) is 71.3 Å². The Morgan fingerprint density at radius 3 is 2.63 bits per heavy atom. The molecule has 0 fully saturated rings. The zero-order valence-electron chi connectivity index (χ0n) is 18.8. The van der Waals surface area contributed by atoms with Crippen LogP contribution in [0.15, 0.2) is 40.5 Å². The summed E-state index contributed by atoms with van der Waals surface area (Å²) in [6.45, 7) is 8.55. The first-order chi connectivity index (χ1) is 14.3. The van der Waals surface area contributed by atoms with Gasteiger partial charge in [-0.25, -0.2) is 0 Å². The van der Waals surface area contributed by atoms with Crippen LogP contribution in [-0.4, -0.2) is 31.2 Å². The average Bonchev–Trinajstić information content (AvgIpc) is 2.69. The van der Waals surface area contributed by atoms with Crippen LogP contribution in [0.25, 0.3) is 0 Å². The van der Waals surface area contributed by atoms with Gasteiger partial charge in [0.1, 0.15) is 11.7 Å². The van der Waals surface area contributed by atoms with E-state index < -0.39 is 11.8 Å². The Morgan fingerprint density at radius 1 is 1.20 bits per heavy atom. The first-order valence-electron chi connectivity index (χ1n) is 10.9. The number of nitrogens with zero attached hydrogens (tertiary/aromatic N) is 1. The summed E-state index contributed by atoms with van der Waals surface area (Å²) in [5.41, 5.74) is 2.86. The van der Waals surface area contributed by atoms with Crippen molar-refractivity contribution in [2.45, 2.75) is 65.7 Å². The molecule has 0 saturated heterocycles. The predicted molar refractivity (Wildman–Crippen MR) is 118 cm³/mol. The summed E-state index contributed by atoms with van der Waals surface area (Å²) in [7, 11) is 1.61. The van der Waals surface area contributed by atoms with Gasteiger partial charge in [-0.3, -0.25) is 14.6 Å². The molecule has 0 saturated carbocycles. The molecule has 2 atom stereocenters. The van der Waals surface area contributed by atoms with Crippen LogP contribution in [0.2, 0.25) is 0 Å². The summed E-state index contributed by atoms with van der Waals surface area (Å²) < 4.78 is 11.2. The number of para-hydroxylation sites is 1. The Hall–Kier alpha value is -2.43. The summed E-state index contributed by atoms with van der Waals surface area (Å²) in [6.07, 6.45) is 4.08. The molecule has 2 aliphatic rings. The molecule has 1 unspecified atom stereocenters. The topological polar surface area (TPSA) is 65.0 Å². The van der Waals surface area contributed by atoms with E-state index in [9.17, 15) is 9.59 Å². The molecule has 0 radical (unpaired) electrons. The minimum absolute atomic E-state index is 0.0668. The molecule has 1 aliphatic carbocycles. The zero-order chi connectivity index (χ0) is 21.9. The number of carbonyl (C=O) groups excluding carboxylic acids is 2. The number of Topliss-reactive ketones (excluding diaryl/α,β-unsaturated/α-hetero) is 1. The molecule has 1 heterocycles. The molecular formula is C25H33NO4. The van der Waals surface area contributed by atoms with E-state index in [1.165, 1.54) is 0 Å². The van der Waals surface area contributed by atoms with E-state index in [4.69, 9.17) is 14.5 Å². The van der Waals surface area contributed by atoms with Crippen molar-refractivity contribution >= 4 is 17.5 Å². The highest BCUT2D eigenvalue weighted by Gasteiger charge is 2.46. The second kappa shape index (κ2) is 9.15. The fourth-order valence-corrected chi connectivity index (χ4v) is 4.62. The fraction of sp³-hybridized carbons (Fsp3) is 0.560. The molecule has 0 bridgehead atoms. The zero-order valence-corrected chi connectivity index (χ0v) is 18.8. The van der Waals surface area contributed by atoms with E-state index >= 15 is 0 Å². The number of methoxy groups -OCH3 is 1.